The molecule has 19 heteroatoms. The van der Waals surface area contributed by atoms with Crippen LogP contribution in [0.2, 0.25) is 0 Å². The van der Waals surface area contributed by atoms with Crippen LogP contribution in [0.5, 0.6) is 0 Å². The Morgan fingerprint density at radius 3 is 0.974 bits per heavy atom. The minimum absolute atomic E-state index is 0.213. The van der Waals surface area contributed by atoms with Gasteiger partial charge in [0.05, 0.1) is 38.6 Å². The molecule has 115 heavy (non-hydrogen) atoms. The maximum absolute atomic E-state index is 13.5. The number of amides is 1. The van der Waals surface area contributed by atoms with Gasteiger partial charge in [0.2, 0.25) is 5.91 Å². The SMILES string of the molecule is CC/C=C\C/C=C\C/C=C\C/C=C\C/C=C\C/C=C\C/C=C\C/C=C\C/C=C\C/C=C\C/C=C\CCCCCCCCCC(=O)NC(COC1OC(CO)C(OC2OC(CO)C(OC3OC(CO)C(O)C(O)C3O)C(O)C2O)C(O)C1O)C(O)/C=C/CC/C=C/CCCCCCCCCCCCCCCCCCCCCCCCC. The molecule has 3 rings (SSSR count). The molecule has 3 aliphatic heterocycles. The Balaban J connectivity index is 1.35. The monoisotopic (exact) mass is 1620 g/mol. The van der Waals surface area contributed by atoms with E-state index < -0.39 is 124 Å². The molecule has 0 spiro atoms. The molecule has 0 aliphatic carbocycles. The van der Waals surface area contributed by atoms with E-state index in [0.717, 1.165) is 135 Å². The Morgan fingerprint density at radius 1 is 0.322 bits per heavy atom. The largest absolute Gasteiger partial charge is 0.394 e. The fourth-order valence-corrected chi connectivity index (χ4v) is 14.2. The van der Waals surface area contributed by atoms with E-state index in [1.165, 1.54) is 141 Å². The summed E-state index contributed by atoms with van der Waals surface area (Å²) in [4.78, 5) is 13.5. The molecule has 17 atom stereocenters. The van der Waals surface area contributed by atoms with E-state index in [9.17, 15) is 61.0 Å². The number of hydrogen-bond donors (Lipinski definition) is 12. The normalized spacial score (nSPS) is 25.4. The Bertz CT molecular complexity index is 2700. The first-order valence-corrected chi connectivity index (χ1v) is 45.2. The molecule has 19 nitrogen and oxygen atoms in total. The summed E-state index contributed by atoms with van der Waals surface area (Å²) in [5.41, 5.74) is 0. The second kappa shape index (κ2) is 73.3. The highest BCUT2D eigenvalue weighted by atomic mass is 16.8. The summed E-state index contributed by atoms with van der Waals surface area (Å²) in [6.45, 7) is 1.61. The zero-order valence-corrected chi connectivity index (χ0v) is 71.0. The number of unbranched alkanes of at least 4 members (excludes halogenated alkanes) is 31. The minimum atomic E-state index is -1.99. The molecule has 3 saturated heterocycles. The van der Waals surface area contributed by atoms with Crippen LogP contribution < -0.4 is 5.32 Å². The van der Waals surface area contributed by atoms with Gasteiger partial charge in [0, 0.05) is 6.42 Å². The lowest BCUT2D eigenvalue weighted by atomic mass is 9.96. The van der Waals surface area contributed by atoms with Crippen LogP contribution in [0.4, 0.5) is 0 Å². The molecular formula is C96H161NO18. The first kappa shape index (κ1) is 105. The Labute approximate surface area is 695 Å². The topological polar surface area (TPSA) is 307 Å². The third-order valence-electron chi connectivity index (χ3n) is 21.3. The molecule has 12 N–H and O–H groups in total. The lowest BCUT2D eigenvalue weighted by Gasteiger charge is -2.48. The average molecular weight is 1620 g/mol. The van der Waals surface area contributed by atoms with Gasteiger partial charge in [-0.05, 0) is 116 Å². The highest BCUT2D eigenvalue weighted by Crippen LogP contribution is 2.33. The van der Waals surface area contributed by atoms with E-state index in [1.807, 2.05) is 6.08 Å². The summed E-state index contributed by atoms with van der Waals surface area (Å²) in [6, 6.07) is -1.01. The number of ether oxygens (including phenoxy) is 6. The predicted molar refractivity (Wildman–Crippen MR) is 465 cm³/mol. The summed E-state index contributed by atoms with van der Waals surface area (Å²) in [6.07, 6.45) is 82.4. The Kier molecular flexibility index (Phi) is 66.7. The molecule has 1 amide bonds. The first-order chi connectivity index (χ1) is 56.3. The van der Waals surface area contributed by atoms with Gasteiger partial charge in [-0.1, -0.05) is 345 Å². The molecular weight excluding hydrogens is 1460 g/mol. The van der Waals surface area contributed by atoms with Crippen LogP contribution in [-0.4, -0.2) is 193 Å². The third-order valence-corrected chi connectivity index (χ3v) is 21.3. The van der Waals surface area contributed by atoms with Crippen molar-refractivity contribution in [3.8, 4) is 0 Å². The molecule has 0 bridgehead atoms. The summed E-state index contributed by atoms with van der Waals surface area (Å²) in [5.74, 6) is -0.300. The number of aliphatic hydroxyl groups excluding tert-OH is 11. The van der Waals surface area contributed by atoms with Gasteiger partial charge in [0.1, 0.15) is 73.2 Å². The van der Waals surface area contributed by atoms with E-state index in [-0.39, 0.29) is 18.9 Å². The molecule has 0 aromatic rings. The van der Waals surface area contributed by atoms with Crippen molar-refractivity contribution >= 4 is 5.91 Å². The first-order valence-electron chi connectivity index (χ1n) is 45.2. The van der Waals surface area contributed by atoms with Gasteiger partial charge in [-0.25, -0.2) is 0 Å². The summed E-state index contributed by atoms with van der Waals surface area (Å²) < 4.78 is 34.5. The zero-order chi connectivity index (χ0) is 83.1. The van der Waals surface area contributed by atoms with Gasteiger partial charge in [-0.15, -0.1) is 0 Å². The number of allylic oxidation sites excluding steroid dienone is 25. The molecule has 0 saturated carbocycles. The van der Waals surface area contributed by atoms with Crippen LogP contribution >= 0.6 is 0 Å². The van der Waals surface area contributed by atoms with Crippen molar-refractivity contribution in [1.82, 2.24) is 5.32 Å². The minimum Gasteiger partial charge on any atom is -0.394 e. The van der Waals surface area contributed by atoms with Crippen molar-refractivity contribution in [3.05, 3.63) is 158 Å². The van der Waals surface area contributed by atoms with Crippen LogP contribution in [0.3, 0.4) is 0 Å². The number of carbonyl (C=O) groups excluding carboxylic acids is 1. The van der Waals surface area contributed by atoms with Crippen LogP contribution in [0.25, 0.3) is 0 Å². The van der Waals surface area contributed by atoms with Gasteiger partial charge in [-0.2, -0.15) is 0 Å². The molecule has 0 radical (unpaired) electrons. The standard InChI is InChI=1S/C96H161NO18/c1-3-5-7-9-11-13-15-17-19-21-23-25-27-29-31-33-34-35-36-37-38-39-40-41-42-43-44-46-48-50-52-54-56-58-60-62-64-66-68-70-72-74-84(102)97-79(80(101)73-71-69-67-65-63-61-59-57-55-53-51-49-47-45-32-30-28-26-24-22-20-18-16-14-12-10-8-6-4-2)78-110-94-90(108)87(105)92(82(76-99)112-94)115-96-91(109)88(106)93(83(77-100)113-96)114-95-89(107)86(104)85(103)81(75-98)111-95/h5,7,11,13,17,19,23,25,29,31,34-35,37-38,40-41,43-44,48,50,54,56,63,65,71,73,79-83,85-96,98-101,103-109H,3-4,6,8-10,12,14-16,18,20-22,24,26-28,30,32-33,36,39,42,45-47,49,51-53,55,57-62,64,66-70,72,74-78H2,1-2H3,(H,97,102)/b7-5-,13-11-,19-17-,25-23-,31-29-,35-34-,38-37-,41-40-,44-43-,50-48-,56-54-,65-63+,73-71+. The zero-order valence-electron chi connectivity index (χ0n) is 71.0. The highest BCUT2D eigenvalue weighted by Gasteiger charge is 2.54. The van der Waals surface area contributed by atoms with E-state index in [2.05, 4.69) is 165 Å². The second-order valence-electron chi connectivity index (χ2n) is 31.3. The fraction of sp³-hybridized carbons (Fsp3) is 0.719. The Hall–Kier alpha value is -4.59. The molecule has 3 aliphatic rings. The van der Waals surface area contributed by atoms with Gasteiger partial charge in [0.15, 0.2) is 18.9 Å². The average Bonchev–Trinajstić information content (AvgIpc) is 0.778. The summed E-state index contributed by atoms with van der Waals surface area (Å²) >= 11 is 0. The van der Waals surface area contributed by atoms with E-state index in [4.69, 9.17) is 28.4 Å². The predicted octanol–water partition coefficient (Wildman–Crippen LogP) is 17.5. The molecule has 3 heterocycles. The maximum atomic E-state index is 13.5. The second-order valence-corrected chi connectivity index (χ2v) is 31.3. The lowest BCUT2D eigenvalue weighted by molar-refractivity contribution is -0.379. The van der Waals surface area contributed by atoms with Gasteiger partial charge in [0.25, 0.3) is 0 Å². The third kappa shape index (κ3) is 51.6. The summed E-state index contributed by atoms with van der Waals surface area (Å²) in [5, 5.41) is 121. The van der Waals surface area contributed by atoms with E-state index in [0.29, 0.717) is 12.8 Å². The highest BCUT2D eigenvalue weighted by molar-refractivity contribution is 5.76. The molecule has 658 valence electrons. The van der Waals surface area contributed by atoms with E-state index >= 15 is 0 Å². The van der Waals surface area contributed by atoms with Crippen molar-refractivity contribution in [1.29, 1.82) is 0 Å². The van der Waals surface area contributed by atoms with Crippen molar-refractivity contribution in [3.63, 3.8) is 0 Å². The van der Waals surface area contributed by atoms with Crippen LogP contribution in [0, 0.1) is 0 Å². The van der Waals surface area contributed by atoms with Crippen LogP contribution in [-0.2, 0) is 33.2 Å². The van der Waals surface area contributed by atoms with Crippen LogP contribution in [0.1, 0.15) is 309 Å². The van der Waals surface area contributed by atoms with Gasteiger partial charge in [-0.3, -0.25) is 4.79 Å². The quantitative estimate of drug-likeness (QED) is 0.0199. The molecule has 3 fully saturated rings. The fourth-order valence-electron chi connectivity index (χ4n) is 14.2. The summed E-state index contributed by atoms with van der Waals surface area (Å²) in [7, 11) is 0. The van der Waals surface area contributed by atoms with Crippen molar-refractivity contribution in [2.45, 2.75) is 413 Å². The number of aliphatic hydroxyl groups is 11. The number of carbonyl (C=O) groups is 1. The molecule has 0 aromatic heterocycles. The van der Waals surface area contributed by atoms with E-state index in [1.54, 1.807) is 6.08 Å². The maximum Gasteiger partial charge on any atom is 0.220 e. The molecule has 0 aromatic carbocycles. The van der Waals surface area contributed by atoms with Crippen molar-refractivity contribution in [2.75, 3.05) is 26.4 Å². The number of hydrogen-bond acceptors (Lipinski definition) is 18. The number of rotatable bonds is 71. The smallest absolute Gasteiger partial charge is 0.220 e. The number of nitrogens with one attached hydrogen (secondary N) is 1. The van der Waals surface area contributed by atoms with Gasteiger partial charge < -0.3 is 89.9 Å². The van der Waals surface area contributed by atoms with Crippen LogP contribution in [0.15, 0.2) is 158 Å². The van der Waals surface area contributed by atoms with Gasteiger partial charge >= 0.3 is 0 Å². The lowest BCUT2D eigenvalue weighted by Crippen LogP contribution is -2.66. The van der Waals surface area contributed by atoms with Crippen molar-refractivity contribution < 1.29 is 89.4 Å². The molecule has 17 unspecified atom stereocenters. The van der Waals surface area contributed by atoms with Crippen molar-refractivity contribution in [2.24, 2.45) is 0 Å². The Morgan fingerprint density at radius 2 is 0.609 bits per heavy atom.